The SMILES string of the molecule is Cc1ccc2c(c1)NC(=O)c1cc(NN=C(C#N)C#N)ccc1O2. The fourth-order valence-electron chi connectivity index (χ4n) is 2.20. The minimum absolute atomic E-state index is 0.312. The van der Waals surface area contributed by atoms with Gasteiger partial charge in [0.25, 0.3) is 5.91 Å². The van der Waals surface area contributed by atoms with E-state index in [4.69, 9.17) is 15.3 Å². The Labute approximate surface area is 137 Å². The van der Waals surface area contributed by atoms with Crippen LogP contribution in [0.1, 0.15) is 15.9 Å². The van der Waals surface area contributed by atoms with E-state index >= 15 is 0 Å². The van der Waals surface area contributed by atoms with Crippen LogP contribution in [0.25, 0.3) is 0 Å². The number of ether oxygens (including phenoxy) is 1. The Morgan fingerprint density at radius 1 is 1.17 bits per heavy atom. The Balaban J connectivity index is 1.95. The highest BCUT2D eigenvalue weighted by Gasteiger charge is 2.21. The van der Waals surface area contributed by atoms with E-state index in [2.05, 4.69) is 15.8 Å². The second-order valence-electron chi connectivity index (χ2n) is 5.06. The van der Waals surface area contributed by atoms with Gasteiger partial charge in [-0.15, -0.1) is 0 Å². The number of anilines is 2. The molecule has 116 valence electrons. The Morgan fingerprint density at radius 2 is 1.92 bits per heavy atom. The van der Waals surface area contributed by atoms with Gasteiger partial charge in [-0.3, -0.25) is 10.2 Å². The molecule has 2 N–H and O–H groups in total. The van der Waals surface area contributed by atoms with Crippen LogP contribution in [0.4, 0.5) is 11.4 Å². The zero-order chi connectivity index (χ0) is 17.1. The quantitative estimate of drug-likeness (QED) is 0.653. The van der Waals surface area contributed by atoms with E-state index in [1.807, 2.05) is 19.1 Å². The van der Waals surface area contributed by atoms with Gasteiger partial charge in [-0.05, 0) is 42.8 Å². The van der Waals surface area contributed by atoms with E-state index in [0.29, 0.717) is 28.4 Å². The number of hydrazone groups is 1. The Morgan fingerprint density at radius 3 is 2.67 bits per heavy atom. The average Bonchev–Trinajstić information content (AvgIpc) is 2.71. The van der Waals surface area contributed by atoms with Crippen molar-refractivity contribution in [1.82, 2.24) is 0 Å². The van der Waals surface area contributed by atoms with Gasteiger partial charge in [-0.25, -0.2) is 0 Å². The van der Waals surface area contributed by atoms with Crippen LogP contribution < -0.4 is 15.5 Å². The molecular weight excluding hydrogens is 306 g/mol. The van der Waals surface area contributed by atoms with E-state index in [9.17, 15) is 4.79 Å². The molecule has 1 amide bonds. The van der Waals surface area contributed by atoms with Crippen LogP contribution in [-0.2, 0) is 0 Å². The van der Waals surface area contributed by atoms with E-state index in [-0.39, 0.29) is 11.6 Å². The molecule has 0 atom stereocenters. The summed E-state index contributed by atoms with van der Waals surface area (Å²) in [4.78, 5) is 12.4. The molecule has 1 aliphatic rings. The molecule has 0 aliphatic carbocycles. The first kappa shape index (κ1) is 15.1. The van der Waals surface area contributed by atoms with E-state index in [1.165, 1.54) is 0 Å². The van der Waals surface area contributed by atoms with Crippen molar-refractivity contribution in [1.29, 1.82) is 10.5 Å². The van der Waals surface area contributed by atoms with Crippen molar-refractivity contribution in [3.8, 4) is 23.6 Å². The lowest BCUT2D eigenvalue weighted by atomic mass is 10.1. The van der Waals surface area contributed by atoms with E-state index in [1.54, 1.807) is 36.4 Å². The maximum Gasteiger partial charge on any atom is 0.259 e. The number of nitriles is 2. The van der Waals surface area contributed by atoms with E-state index in [0.717, 1.165) is 5.56 Å². The minimum Gasteiger partial charge on any atom is -0.454 e. The first-order chi connectivity index (χ1) is 11.6. The number of rotatable bonds is 2. The number of aryl methyl sites for hydroxylation is 1. The van der Waals surface area contributed by atoms with Crippen molar-refractivity contribution >= 4 is 23.0 Å². The van der Waals surface area contributed by atoms with Crippen LogP contribution in [-0.4, -0.2) is 11.6 Å². The molecule has 0 unspecified atom stereocenters. The molecule has 2 aromatic carbocycles. The lowest BCUT2D eigenvalue weighted by Gasteiger charge is -2.08. The number of hydrogen-bond donors (Lipinski definition) is 2. The monoisotopic (exact) mass is 317 g/mol. The third-order valence-electron chi connectivity index (χ3n) is 3.34. The predicted octanol–water partition coefficient (Wildman–Crippen LogP) is 3.17. The number of nitrogens with one attached hydrogen (secondary N) is 2. The Bertz CT molecular complexity index is 934. The molecular formula is C17H11N5O2. The molecule has 1 heterocycles. The summed E-state index contributed by atoms with van der Waals surface area (Å²) in [5, 5.41) is 23.8. The molecule has 24 heavy (non-hydrogen) atoms. The van der Waals surface area contributed by atoms with Gasteiger partial charge in [0.2, 0.25) is 5.71 Å². The molecule has 1 aliphatic heterocycles. The minimum atomic E-state index is -0.317. The molecule has 0 fully saturated rings. The van der Waals surface area contributed by atoms with Crippen LogP contribution in [0.15, 0.2) is 41.5 Å². The number of carbonyl (C=O) groups excluding carboxylic acids is 1. The third kappa shape index (κ3) is 2.87. The summed E-state index contributed by atoms with van der Waals surface area (Å²) in [7, 11) is 0. The molecule has 7 nitrogen and oxygen atoms in total. The zero-order valence-electron chi connectivity index (χ0n) is 12.6. The molecule has 2 aromatic rings. The van der Waals surface area contributed by atoms with E-state index < -0.39 is 0 Å². The maximum atomic E-state index is 12.4. The van der Waals surface area contributed by atoms with Gasteiger partial charge in [-0.2, -0.15) is 15.6 Å². The summed E-state index contributed by atoms with van der Waals surface area (Å²) in [5.41, 5.74) is 4.64. The molecule has 7 heteroatoms. The number of benzene rings is 2. The molecule has 0 saturated heterocycles. The predicted molar refractivity (Wildman–Crippen MR) is 87.9 cm³/mol. The van der Waals surface area contributed by atoms with Crippen LogP contribution in [0.2, 0.25) is 0 Å². The lowest BCUT2D eigenvalue weighted by Crippen LogP contribution is -2.11. The van der Waals surface area contributed by atoms with Crippen LogP contribution in [0, 0.1) is 29.6 Å². The first-order valence-corrected chi connectivity index (χ1v) is 6.98. The van der Waals surface area contributed by atoms with Crippen molar-refractivity contribution in [2.24, 2.45) is 5.10 Å². The third-order valence-corrected chi connectivity index (χ3v) is 3.34. The second kappa shape index (κ2) is 6.11. The van der Waals surface area contributed by atoms with Crippen molar-refractivity contribution in [3.63, 3.8) is 0 Å². The molecule has 3 rings (SSSR count). The van der Waals surface area contributed by atoms with Crippen molar-refractivity contribution in [2.45, 2.75) is 6.92 Å². The fraction of sp³-hybridized carbons (Fsp3) is 0.0588. The topological polar surface area (TPSA) is 110 Å². The Hall–Kier alpha value is -3.84. The highest BCUT2D eigenvalue weighted by Crippen LogP contribution is 2.37. The number of carbonyl (C=O) groups is 1. The van der Waals surface area contributed by atoms with Crippen LogP contribution >= 0.6 is 0 Å². The number of fused-ring (bicyclic) bond motifs is 2. The van der Waals surface area contributed by atoms with Gasteiger partial charge < -0.3 is 10.1 Å². The summed E-state index contributed by atoms with van der Waals surface area (Å²) in [6, 6.07) is 13.6. The molecule has 0 spiro atoms. The first-order valence-electron chi connectivity index (χ1n) is 6.98. The highest BCUT2D eigenvalue weighted by molar-refractivity contribution is 6.10. The van der Waals surface area contributed by atoms with Crippen molar-refractivity contribution in [3.05, 3.63) is 47.5 Å². The summed E-state index contributed by atoms with van der Waals surface area (Å²) in [6.07, 6.45) is 0. The second-order valence-corrected chi connectivity index (χ2v) is 5.06. The standard InChI is InChI=1S/C17H11N5O2/c1-10-2-4-16-14(6-10)20-17(23)13-7-11(3-5-15(13)24-16)21-22-12(8-18)9-19/h2-7,21H,1H3,(H,20,23). The van der Waals surface area contributed by atoms with Gasteiger partial charge in [0.15, 0.2) is 5.75 Å². The largest absolute Gasteiger partial charge is 0.454 e. The van der Waals surface area contributed by atoms with Gasteiger partial charge in [0, 0.05) is 0 Å². The number of hydrogen-bond acceptors (Lipinski definition) is 6. The summed E-state index contributed by atoms with van der Waals surface area (Å²) in [5.74, 6) is 0.649. The average molecular weight is 317 g/mol. The van der Waals surface area contributed by atoms with Crippen LogP contribution in [0.5, 0.6) is 11.5 Å². The van der Waals surface area contributed by atoms with Gasteiger partial charge >= 0.3 is 0 Å². The van der Waals surface area contributed by atoms with Gasteiger partial charge in [0.1, 0.15) is 17.9 Å². The Kier molecular flexibility index (Phi) is 3.84. The van der Waals surface area contributed by atoms with Crippen molar-refractivity contribution in [2.75, 3.05) is 10.7 Å². The summed E-state index contributed by atoms with van der Waals surface area (Å²) < 4.78 is 5.80. The molecule has 0 radical (unpaired) electrons. The summed E-state index contributed by atoms with van der Waals surface area (Å²) in [6.45, 7) is 1.92. The summed E-state index contributed by atoms with van der Waals surface area (Å²) >= 11 is 0. The fourth-order valence-corrected chi connectivity index (χ4v) is 2.20. The van der Waals surface area contributed by atoms with Crippen LogP contribution in [0.3, 0.4) is 0 Å². The molecule has 0 bridgehead atoms. The van der Waals surface area contributed by atoms with Gasteiger partial charge in [0.05, 0.1) is 16.9 Å². The maximum absolute atomic E-state index is 12.4. The van der Waals surface area contributed by atoms with Gasteiger partial charge in [-0.1, -0.05) is 6.07 Å². The normalized spacial score (nSPS) is 11.4. The molecule has 0 aromatic heterocycles. The van der Waals surface area contributed by atoms with Crippen molar-refractivity contribution < 1.29 is 9.53 Å². The highest BCUT2D eigenvalue weighted by atomic mass is 16.5. The number of nitrogens with zero attached hydrogens (tertiary/aromatic N) is 3. The zero-order valence-corrected chi connectivity index (χ0v) is 12.6. The molecule has 0 saturated carbocycles. The smallest absolute Gasteiger partial charge is 0.259 e. The lowest BCUT2D eigenvalue weighted by molar-refractivity contribution is 0.102. The number of amides is 1.